The topological polar surface area (TPSA) is 116 Å². The summed E-state index contributed by atoms with van der Waals surface area (Å²) in [6.45, 7) is 3.43. The number of rotatable bonds is 4. The number of anilines is 1. The van der Waals surface area contributed by atoms with Gasteiger partial charge in [0.15, 0.2) is 0 Å². The van der Waals surface area contributed by atoms with E-state index < -0.39 is 4.92 Å². The minimum Gasteiger partial charge on any atom is -0.439 e. The van der Waals surface area contributed by atoms with Crippen LogP contribution in [0.5, 0.6) is 11.6 Å². The second-order valence-corrected chi connectivity index (χ2v) is 4.13. The third-order valence-electron chi connectivity index (χ3n) is 2.63. The SMILES string of the molecule is Cc1cc(Oc2nc(NN)ncc2C)ccc1[N+](=O)[O-]. The first-order valence-electron chi connectivity index (χ1n) is 5.74. The van der Waals surface area contributed by atoms with Crippen LogP contribution in [-0.4, -0.2) is 14.9 Å². The maximum atomic E-state index is 10.8. The molecule has 0 amide bonds. The number of aromatic nitrogens is 2. The van der Waals surface area contributed by atoms with Crippen LogP contribution < -0.4 is 16.0 Å². The van der Waals surface area contributed by atoms with Crippen molar-refractivity contribution in [1.82, 2.24) is 9.97 Å². The van der Waals surface area contributed by atoms with Gasteiger partial charge in [-0.3, -0.25) is 15.5 Å². The Labute approximate surface area is 114 Å². The van der Waals surface area contributed by atoms with Crippen LogP contribution in [0.2, 0.25) is 0 Å². The molecule has 2 rings (SSSR count). The maximum absolute atomic E-state index is 10.8. The summed E-state index contributed by atoms with van der Waals surface area (Å²) in [6, 6.07) is 4.49. The maximum Gasteiger partial charge on any atom is 0.272 e. The fourth-order valence-electron chi connectivity index (χ4n) is 1.61. The molecule has 104 valence electrons. The molecular weight excluding hydrogens is 262 g/mol. The molecule has 0 saturated carbocycles. The molecule has 3 N–H and O–H groups in total. The highest BCUT2D eigenvalue weighted by molar-refractivity contribution is 5.45. The Morgan fingerprint density at radius 2 is 2.10 bits per heavy atom. The zero-order valence-corrected chi connectivity index (χ0v) is 11.0. The van der Waals surface area contributed by atoms with E-state index in [2.05, 4.69) is 15.4 Å². The zero-order valence-electron chi connectivity index (χ0n) is 11.0. The minimum atomic E-state index is -0.439. The van der Waals surface area contributed by atoms with Gasteiger partial charge < -0.3 is 4.74 Å². The van der Waals surface area contributed by atoms with Crippen molar-refractivity contribution in [3.05, 3.63) is 45.6 Å². The summed E-state index contributed by atoms with van der Waals surface area (Å²) < 4.78 is 5.60. The van der Waals surface area contributed by atoms with Gasteiger partial charge in [-0.25, -0.2) is 10.8 Å². The van der Waals surface area contributed by atoms with Gasteiger partial charge >= 0.3 is 0 Å². The lowest BCUT2D eigenvalue weighted by atomic mass is 10.2. The van der Waals surface area contributed by atoms with Crippen molar-refractivity contribution in [2.24, 2.45) is 5.84 Å². The molecule has 8 nitrogen and oxygen atoms in total. The number of nitrogens with one attached hydrogen (secondary N) is 1. The highest BCUT2D eigenvalue weighted by Crippen LogP contribution is 2.27. The van der Waals surface area contributed by atoms with Crippen LogP contribution in [-0.2, 0) is 0 Å². The standard InChI is InChI=1S/C12H13N5O3/c1-7-5-9(3-4-10(7)17(18)19)20-11-8(2)6-14-12(15-11)16-13/h3-6H,13H2,1-2H3,(H,14,15,16). The third kappa shape index (κ3) is 2.81. The summed E-state index contributed by atoms with van der Waals surface area (Å²) in [4.78, 5) is 18.3. The van der Waals surface area contributed by atoms with Gasteiger partial charge in [-0.2, -0.15) is 4.98 Å². The van der Waals surface area contributed by atoms with E-state index in [0.29, 0.717) is 17.2 Å². The predicted octanol–water partition coefficient (Wildman–Crippen LogP) is 2.08. The molecule has 0 aliphatic rings. The normalized spacial score (nSPS) is 10.2. The number of ether oxygens (including phenoxy) is 1. The number of hydrazine groups is 1. The second-order valence-electron chi connectivity index (χ2n) is 4.13. The number of nitro benzene ring substituents is 1. The lowest BCUT2D eigenvalue weighted by Crippen LogP contribution is -2.11. The average molecular weight is 275 g/mol. The molecule has 0 unspecified atom stereocenters. The Bertz CT molecular complexity index is 660. The lowest BCUT2D eigenvalue weighted by Gasteiger charge is -2.09. The summed E-state index contributed by atoms with van der Waals surface area (Å²) in [7, 11) is 0. The first kappa shape index (κ1) is 13.7. The molecule has 0 fully saturated rings. The fourth-order valence-corrected chi connectivity index (χ4v) is 1.61. The van der Waals surface area contributed by atoms with E-state index in [-0.39, 0.29) is 11.6 Å². The molecule has 0 bridgehead atoms. The van der Waals surface area contributed by atoms with Gasteiger partial charge in [0.2, 0.25) is 11.8 Å². The van der Waals surface area contributed by atoms with Crippen molar-refractivity contribution < 1.29 is 9.66 Å². The largest absolute Gasteiger partial charge is 0.439 e. The Morgan fingerprint density at radius 1 is 1.35 bits per heavy atom. The van der Waals surface area contributed by atoms with Gasteiger partial charge in [0.25, 0.3) is 5.69 Å². The summed E-state index contributed by atoms with van der Waals surface area (Å²) in [5.74, 6) is 6.25. The second kappa shape index (κ2) is 5.49. The number of nitrogens with two attached hydrogens (primary N) is 1. The van der Waals surface area contributed by atoms with Crippen molar-refractivity contribution >= 4 is 11.6 Å². The molecule has 2 aromatic rings. The lowest BCUT2D eigenvalue weighted by molar-refractivity contribution is -0.385. The van der Waals surface area contributed by atoms with Crippen LogP contribution in [0.3, 0.4) is 0 Å². The monoisotopic (exact) mass is 275 g/mol. The van der Waals surface area contributed by atoms with Crippen molar-refractivity contribution in [2.75, 3.05) is 5.43 Å². The molecule has 1 aromatic carbocycles. The van der Waals surface area contributed by atoms with Crippen LogP contribution in [0.15, 0.2) is 24.4 Å². The van der Waals surface area contributed by atoms with E-state index in [4.69, 9.17) is 10.6 Å². The number of nitro groups is 1. The number of hydrogen-bond acceptors (Lipinski definition) is 7. The number of aryl methyl sites for hydroxylation is 2. The average Bonchev–Trinajstić information content (AvgIpc) is 2.41. The van der Waals surface area contributed by atoms with Crippen molar-refractivity contribution in [3.63, 3.8) is 0 Å². The van der Waals surface area contributed by atoms with Crippen LogP contribution in [0.25, 0.3) is 0 Å². The molecule has 1 heterocycles. The van der Waals surface area contributed by atoms with E-state index in [1.54, 1.807) is 26.1 Å². The summed E-state index contributed by atoms with van der Waals surface area (Å²) in [5.41, 5.74) is 3.60. The molecule has 0 atom stereocenters. The first-order chi connectivity index (χ1) is 9.51. The van der Waals surface area contributed by atoms with E-state index >= 15 is 0 Å². The molecule has 20 heavy (non-hydrogen) atoms. The zero-order chi connectivity index (χ0) is 14.7. The Kier molecular flexibility index (Phi) is 3.76. The Morgan fingerprint density at radius 3 is 2.70 bits per heavy atom. The van der Waals surface area contributed by atoms with E-state index in [1.165, 1.54) is 12.1 Å². The number of hydrogen-bond donors (Lipinski definition) is 2. The highest BCUT2D eigenvalue weighted by atomic mass is 16.6. The van der Waals surface area contributed by atoms with Gasteiger partial charge in [-0.05, 0) is 26.0 Å². The fraction of sp³-hybridized carbons (Fsp3) is 0.167. The van der Waals surface area contributed by atoms with Gasteiger partial charge in [0.05, 0.1) is 4.92 Å². The minimum absolute atomic E-state index is 0.0427. The van der Waals surface area contributed by atoms with Gasteiger partial charge in [-0.15, -0.1) is 0 Å². The van der Waals surface area contributed by atoms with E-state index in [0.717, 1.165) is 5.56 Å². The van der Waals surface area contributed by atoms with E-state index in [9.17, 15) is 10.1 Å². The number of nitrogen functional groups attached to an aromatic ring is 1. The Balaban J connectivity index is 2.30. The molecule has 8 heteroatoms. The predicted molar refractivity (Wildman–Crippen MR) is 72.5 cm³/mol. The van der Waals surface area contributed by atoms with Crippen LogP contribution in [0.1, 0.15) is 11.1 Å². The quantitative estimate of drug-likeness (QED) is 0.498. The van der Waals surface area contributed by atoms with Gasteiger partial charge in [0, 0.05) is 23.4 Å². The molecule has 0 saturated heterocycles. The Hall–Kier alpha value is -2.74. The smallest absolute Gasteiger partial charge is 0.272 e. The van der Waals surface area contributed by atoms with Crippen molar-refractivity contribution in [3.8, 4) is 11.6 Å². The van der Waals surface area contributed by atoms with Crippen LogP contribution in [0.4, 0.5) is 11.6 Å². The van der Waals surface area contributed by atoms with Crippen molar-refractivity contribution in [2.45, 2.75) is 13.8 Å². The van der Waals surface area contributed by atoms with Gasteiger partial charge in [0.1, 0.15) is 5.75 Å². The molecule has 0 aliphatic carbocycles. The highest BCUT2D eigenvalue weighted by Gasteiger charge is 2.12. The molecule has 0 aliphatic heterocycles. The van der Waals surface area contributed by atoms with Crippen LogP contribution in [0, 0.1) is 24.0 Å². The van der Waals surface area contributed by atoms with E-state index in [1.807, 2.05) is 0 Å². The summed E-state index contributed by atoms with van der Waals surface area (Å²) >= 11 is 0. The summed E-state index contributed by atoms with van der Waals surface area (Å²) in [5, 5.41) is 10.8. The van der Waals surface area contributed by atoms with Crippen molar-refractivity contribution in [1.29, 1.82) is 0 Å². The third-order valence-corrected chi connectivity index (χ3v) is 2.63. The van der Waals surface area contributed by atoms with Gasteiger partial charge in [-0.1, -0.05) is 0 Å². The molecular formula is C12H13N5O3. The first-order valence-corrected chi connectivity index (χ1v) is 5.74. The number of nitrogens with zero attached hydrogens (tertiary/aromatic N) is 3. The molecule has 0 spiro atoms. The number of benzene rings is 1. The van der Waals surface area contributed by atoms with Crippen LogP contribution >= 0.6 is 0 Å². The molecule has 0 radical (unpaired) electrons. The molecule has 1 aromatic heterocycles. The summed E-state index contributed by atoms with van der Waals surface area (Å²) in [6.07, 6.45) is 1.57.